The molecule has 0 bridgehead atoms. The lowest BCUT2D eigenvalue weighted by Gasteiger charge is -2.14. The summed E-state index contributed by atoms with van der Waals surface area (Å²) in [7, 11) is 0. The zero-order valence-electron chi connectivity index (χ0n) is 12.3. The summed E-state index contributed by atoms with van der Waals surface area (Å²) in [5.41, 5.74) is 1.12. The number of benzene rings is 2. The van der Waals surface area contributed by atoms with Crippen LogP contribution in [0.3, 0.4) is 0 Å². The zero-order chi connectivity index (χ0) is 15.7. The second-order valence-electron chi connectivity index (χ2n) is 5.24. The molecule has 0 saturated carbocycles. The van der Waals surface area contributed by atoms with Gasteiger partial charge >= 0.3 is 0 Å². The van der Waals surface area contributed by atoms with Crippen molar-refractivity contribution >= 4 is 22.5 Å². The number of rotatable bonds is 3. The molecule has 0 atom stereocenters. The summed E-state index contributed by atoms with van der Waals surface area (Å²) in [6, 6.07) is 12.5. The summed E-state index contributed by atoms with van der Waals surface area (Å²) in [4.78, 5) is 19.5. The Hall–Kier alpha value is -2.33. The molecule has 2 aromatic carbocycles. The van der Waals surface area contributed by atoms with E-state index < -0.39 is 0 Å². The Kier molecular flexibility index (Phi) is 3.86. The molecule has 5 heteroatoms. The zero-order valence-corrected chi connectivity index (χ0v) is 13.0. The molecular weight excluding hydrogens is 300 g/mol. The van der Waals surface area contributed by atoms with Gasteiger partial charge in [-0.3, -0.25) is 4.79 Å². The maximum absolute atomic E-state index is 12.2. The third-order valence-electron chi connectivity index (χ3n) is 3.17. The predicted molar refractivity (Wildman–Crippen MR) is 88.6 cm³/mol. The van der Waals surface area contributed by atoms with Crippen molar-refractivity contribution in [1.29, 1.82) is 0 Å². The van der Waals surface area contributed by atoms with Gasteiger partial charge in [0.2, 0.25) is 0 Å². The van der Waals surface area contributed by atoms with Gasteiger partial charge in [-0.25, -0.2) is 4.98 Å². The Labute approximate surface area is 132 Å². The Morgan fingerprint density at radius 2 is 1.95 bits per heavy atom. The molecule has 22 heavy (non-hydrogen) atoms. The fourth-order valence-corrected chi connectivity index (χ4v) is 2.43. The Morgan fingerprint density at radius 3 is 2.73 bits per heavy atom. The van der Waals surface area contributed by atoms with Crippen LogP contribution in [0.1, 0.15) is 13.8 Å². The molecule has 0 unspecified atom stereocenters. The number of ether oxygens (including phenoxy) is 1. The van der Waals surface area contributed by atoms with Gasteiger partial charge in [0, 0.05) is 5.02 Å². The fraction of sp³-hybridized carbons (Fsp3) is 0.176. The Bertz CT molecular complexity index is 887. The number of hydrogen-bond acceptors (Lipinski definition) is 3. The molecule has 0 amide bonds. The molecule has 0 aliphatic carbocycles. The van der Waals surface area contributed by atoms with Gasteiger partial charge in [0.05, 0.1) is 22.6 Å². The average molecular weight is 315 g/mol. The van der Waals surface area contributed by atoms with Crippen molar-refractivity contribution in [3.05, 3.63) is 57.8 Å². The minimum absolute atomic E-state index is 0.00658. The number of aromatic nitrogens is 2. The highest BCUT2D eigenvalue weighted by molar-refractivity contribution is 6.30. The van der Waals surface area contributed by atoms with Crippen molar-refractivity contribution in [1.82, 2.24) is 9.97 Å². The van der Waals surface area contributed by atoms with Crippen LogP contribution in [0.4, 0.5) is 0 Å². The van der Waals surface area contributed by atoms with Gasteiger partial charge in [-0.2, -0.15) is 0 Å². The van der Waals surface area contributed by atoms with E-state index >= 15 is 0 Å². The molecule has 0 saturated heterocycles. The van der Waals surface area contributed by atoms with E-state index in [-0.39, 0.29) is 11.7 Å². The molecule has 3 rings (SSSR count). The van der Waals surface area contributed by atoms with Crippen LogP contribution in [0, 0.1) is 0 Å². The first-order chi connectivity index (χ1) is 10.5. The lowest BCUT2D eigenvalue weighted by Crippen LogP contribution is -2.11. The molecule has 1 N–H and O–H groups in total. The summed E-state index contributed by atoms with van der Waals surface area (Å²) in [6.07, 6.45) is 0.00658. The monoisotopic (exact) mass is 314 g/mol. The number of hydrogen-bond donors (Lipinski definition) is 1. The Balaban J connectivity index is 2.22. The van der Waals surface area contributed by atoms with E-state index in [1.165, 1.54) is 0 Å². The van der Waals surface area contributed by atoms with E-state index in [1.807, 2.05) is 32.0 Å². The number of nitrogens with one attached hydrogen (secondary N) is 1. The van der Waals surface area contributed by atoms with Crippen LogP contribution in [0.2, 0.25) is 5.02 Å². The Morgan fingerprint density at radius 1 is 1.18 bits per heavy atom. The van der Waals surface area contributed by atoms with Crippen LogP contribution in [0.5, 0.6) is 5.75 Å². The lowest BCUT2D eigenvalue weighted by atomic mass is 10.1. The first-order valence-corrected chi connectivity index (χ1v) is 7.38. The number of para-hydroxylation sites is 1. The minimum Gasteiger partial charge on any atom is -0.490 e. The van der Waals surface area contributed by atoms with E-state index in [1.54, 1.807) is 24.3 Å². The van der Waals surface area contributed by atoms with Crippen LogP contribution in [-0.4, -0.2) is 16.1 Å². The van der Waals surface area contributed by atoms with Crippen molar-refractivity contribution in [2.24, 2.45) is 0 Å². The number of nitrogens with zero attached hydrogens (tertiary/aromatic N) is 1. The van der Waals surface area contributed by atoms with E-state index in [2.05, 4.69) is 9.97 Å². The van der Waals surface area contributed by atoms with Gasteiger partial charge in [0.25, 0.3) is 5.56 Å². The molecule has 1 aromatic heterocycles. The third-order valence-corrected chi connectivity index (χ3v) is 3.41. The quantitative estimate of drug-likeness (QED) is 0.794. The molecule has 0 aliphatic rings. The van der Waals surface area contributed by atoms with Gasteiger partial charge in [-0.1, -0.05) is 23.7 Å². The van der Waals surface area contributed by atoms with Crippen molar-refractivity contribution in [2.45, 2.75) is 20.0 Å². The van der Waals surface area contributed by atoms with Crippen LogP contribution in [0.25, 0.3) is 22.3 Å². The lowest BCUT2D eigenvalue weighted by molar-refractivity contribution is 0.243. The second kappa shape index (κ2) is 5.81. The first-order valence-electron chi connectivity index (χ1n) is 7.00. The van der Waals surface area contributed by atoms with Crippen molar-refractivity contribution in [3.8, 4) is 17.1 Å². The summed E-state index contributed by atoms with van der Waals surface area (Å²) in [5, 5.41) is 1.11. The van der Waals surface area contributed by atoms with E-state index in [0.29, 0.717) is 33.1 Å². The molecule has 3 aromatic rings. The van der Waals surface area contributed by atoms with Gasteiger partial charge in [0.1, 0.15) is 11.6 Å². The van der Waals surface area contributed by atoms with Gasteiger partial charge in [0.15, 0.2) is 0 Å². The molecule has 1 heterocycles. The van der Waals surface area contributed by atoms with E-state index in [9.17, 15) is 4.79 Å². The normalized spacial score (nSPS) is 11.1. The molecule has 0 aliphatic heterocycles. The maximum atomic E-state index is 12.2. The molecule has 4 nitrogen and oxygen atoms in total. The second-order valence-corrected chi connectivity index (χ2v) is 5.68. The maximum Gasteiger partial charge on any atom is 0.259 e. The highest BCUT2D eigenvalue weighted by Crippen LogP contribution is 2.31. The van der Waals surface area contributed by atoms with Crippen LogP contribution in [-0.2, 0) is 0 Å². The van der Waals surface area contributed by atoms with Crippen molar-refractivity contribution in [3.63, 3.8) is 0 Å². The van der Waals surface area contributed by atoms with Crippen LogP contribution >= 0.6 is 11.6 Å². The van der Waals surface area contributed by atoms with Crippen molar-refractivity contribution in [2.75, 3.05) is 0 Å². The molecule has 0 fully saturated rings. The fourth-order valence-electron chi connectivity index (χ4n) is 2.26. The molecular formula is C17H15ClN2O2. The topological polar surface area (TPSA) is 55.0 Å². The number of fused-ring (bicyclic) bond motifs is 1. The SMILES string of the molecule is CC(C)Oc1ccc(Cl)cc1-c1nc2ccccc2c(=O)[nH]1. The summed E-state index contributed by atoms with van der Waals surface area (Å²) in [5.74, 6) is 1.08. The summed E-state index contributed by atoms with van der Waals surface area (Å²) >= 11 is 6.09. The molecule has 112 valence electrons. The van der Waals surface area contributed by atoms with Crippen LogP contribution in [0.15, 0.2) is 47.3 Å². The van der Waals surface area contributed by atoms with Gasteiger partial charge in [-0.15, -0.1) is 0 Å². The van der Waals surface area contributed by atoms with Crippen LogP contribution < -0.4 is 10.3 Å². The minimum atomic E-state index is -0.184. The number of H-pyrrole nitrogens is 1. The van der Waals surface area contributed by atoms with Gasteiger partial charge in [-0.05, 0) is 44.2 Å². The largest absolute Gasteiger partial charge is 0.490 e. The predicted octanol–water partition coefficient (Wildman–Crippen LogP) is 4.03. The molecule has 0 spiro atoms. The van der Waals surface area contributed by atoms with Crippen molar-refractivity contribution < 1.29 is 4.74 Å². The average Bonchev–Trinajstić information content (AvgIpc) is 2.48. The standard InChI is InChI=1S/C17H15ClN2O2/c1-10(2)22-15-8-7-11(18)9-13(15)16-19-14-6-4-3-5-12(14)17(21)20-16/h3-10H,1-2H3,(H,19,20,21). The molecule has 0 radical (unpaired) electrons. The summed E-state index contributed by atoms with van der Waals surface area (Å²) < 4.78 is 5.79. The first kappa shape index (κ1) is 14.6. The number of halogens is 1. The van der Waals surface area contributed by atoms with Gasteiger partial charge < -0.3 is 9.72 Å². The smallest absolute Gasteiger partial charge is 0.259 e. The highest BCUT2D eigenvalue weighted by atomic mass is 35.5. The summed E-state index contributed by atoms with van der Waals surface area (Å²) in [6.45, 7) is 3.88. The van der Waals surface area contributed by atoms with E-state index in [0.717, 1.165) is 0 Å². The van der Waals surface area contributed by atoms with E-state index in [4.69, 9.17) is 16.3 Å². The number of aromatic amines is 1. The highest BCUT2D eigenvalue weighted by Gasteiger charge is 2.13. The third kappa shape index (κ3) is 2.83.